The molecule has 0 aromatic heterocycles. The van der Waals surface area contributed by atoms with Gasteiger partial charge in [-0.2, -0.15) is 0 Å². The molecule has 0 saturated carbocycles. The summed E-state index contributed by atoms with van der Waals surface area (Å²) in [6.45, 7) is 2.14. The lowest BCUT2D eigenvalue weighted by molar-refractivity contribution is 0.679. The van der Waals surface area contributed by atoms with Gasteiger partial charge in [-0.1, -0.05) is 23.8 Å². The Balaban J connectivity index is 1.87. The van der Waals surface area contributed by atoms with E-state index in [2.05, 4.69) is 35.7 Å². The van der Waals surface area contributed by atoms with E-state index in [-0.39, 0.29) is 0 Å². The van der Waals surface area contributed by atoms with Gasteiger partial charge in [0.05, 0.1) is 11.4 Å². The number of benzene rings is 1. The first-order valence-corrected chi connectivity index (χ1v) is 6.22. The summed E-state index contributed by atoms with van der Waals surface area (Å²) < 4.78 is 0. The zero-order chi connectivity index (χ0) is 11.2. The van der Waals surface area contributed by atoms with Crippen LogP contribution in [0.3, 0.4) is 0 Å². The van der Waals surface area contributed by atoms with Crippen LogP contribution in [0, 0.1) is 0 Å². The number of fused-ring (bicyclic) bond motifs is 3. The van der Waals surface area contributed by atoms with Crippen molar-refractivity contribution in [1.29, 1.82) is 0 Å². The minimum Gasteiger partial charge on any atom is -0.312 e. The Hall–Kier alpha value is -1.67. The van der Waals surface area contributed by atoms with Gasteiger partial charge in [0.1, 0.15) is 0 Å². The number of para-hydroxylation sites is 1. The summed E-state index contributed by atoms with van der Waals surface area (Å²) in [5, 5.41) is 3.45. The topological polar surface area (TPSA) is 24.4 Å². The molecule has 0 amide bonds. The highest BCUT2D eigenvalue weighted by Gasteiger charge is 2.26. The summed E-state index contributed by atoms with van der Waals surface area (Å²) in [6, 6.07) is 8.45. The van der Waals surface area contributed by atoms with Crippen molar-refractivity contribution in [3.63, 3.8) is 0 Å². The Kier molecular flexibility index (Phi) is 1.88. The molecular formula is C15H14N2. The van der Waals surface area contributed by atoms with Gasteiger partial charge >= 0.3 is 0 Å². The van der Waals surface area contributed by atoms with Crippen molar-refractivity contribution in [1.82, 2.24) is 5.32 Å². The van der Waals surface area contributed by atoms with Crippen LogP contribution >= 0.6 is 0 Å². The van der Waals surface area contributed by atoms with Gasteiger partial charge in [-0.05, 0) is 30.7 Å². The zero-order valence-corrected chi connectivity index (χ0v) is 9.66. The Labute approximate surface area is 101 Å². The normalized spacial score (nSPS) is 21.4. The van der Waals surface area contributed by atoms with Gasteiger partial charge in [0.2, 0.25) is 0 Å². The second-order valence-corrected chi connectivity index (χ2v) is 4.87. The second kappa shape index (κ2) is 3.41. The SMILES string of the molecule is C1=C2C(=Nc3ccccc32)CC2=C1CNCC2. The van der Waals surface area contributed by atoms with Crippen molar-refractivity contribution < 1.29 is 0 Å². The predicted molar refractivity (Wildman–Crippen MR) is 70.6 cm³/mol. The third-order valence-corrected chi connectivity index (χ3v) is 3.83. The minimum absolute atomic E-state index is 1.02. The lowest BCUT2D eigenvalue weighted by atomic mass is 9.85. The van der Waals surface area contributed by atoms with Gasteiger partial charge < -0.3 is 5.32 Å². The van der Waals surface area contributed by atoms with Crippen LogP contribution in [-0.2, 0) is 0 Å². The summed E-state index contributed by atoms with van der Waals surface area (Å²) in [7, 11) is 0. The van der Waals surface area contributed by atoms with Crippen LogP contribution in [-0.4, -0.2) is 18.8 Å². The van der Waals surface area contributed by atoms with Gasteiger partial charge in [0.25, 0.3) is 0 Å². The number of rotatable bonds is 0. The fourth-order valence-electron chi connectivity index (χ4n) is 2.94. The third kappa shape index (κ3) is 1.34. The molecule has 2 nitrogen and oxygen atoms in total. The van der Waals surface area contributed by atoms with E-state index >= 15 is 0 Å². The van der Waals surface area contributed by atoms with Crippen molar-refractivity contribution in [2.24, 2.45) is 4.99 Å². The van der Waals surface area contributed by atoms with Crippen LogP contribution in [0.25, 0.3) is 5.57 Å². The first-order chi connectivity index (χ1) is 8.42. The molecule has 1 aromatic carbocycles. The molecule has 1 N–H and O–H groups in total. The van der Waals surface area contributed by atoms with Crippen LogP contribution in [0.15, 0.2) is 46.5 Å². The molecule has 84 valence electrons. The first-order valence-electron chi connectivity index (χ1n) is 6.22. The van der Waals surface area contributed by atoms with E-state index in [9.17, 15) is 0 Å². The average Bonchev–Trinajstić information content (AvgIpc) is 2.73. The zero-order valence-electron chi connectivity index (χ0n) is 9.66. The molecule has 3 aliphatic rings. The molecule has 2 heteroatoms. The molecule has 0 saturated heterocycles. The predicted octanol–water partition coefficient (Wildman–Crippen LogP) is 2.85. The number of nitrogens with zero attached hydrogens (tertiary/aromatic N) is 1. The Bertz CT molecular complexity index is 591. The summed E-state index contributed by atoms with van der Waals surface area (Å²) in [5.41, 5.74) is 8.14. The molecule has 1 aliphatic carbocycles. The monoisotopic (exact) mass is 222 g/mol. The molecule has 2 aliphatic heterocycles. The van der Waals surface area contributed by atoms with Crippen molar-refractivity contribution in [2.75, 3.05) is 13.1 Å². The van der Waals surface area contributed by atoms with Crippen LogP contribution in [0.5, 0.6) is 0 Å². The Morgan fingerprint density at radius 3 is 3.12 bits per heavy atom. The van der Waals surface area contributed by atoms with E-state index < -0.39 is 0 Å². The van der Waals surface area contributed by atoms with Crippen LogP contribution in [0.1, 0.15) is 18.4 Å². The fraction of sp³-hybridized carbons (Fsp3) is 0.267. The van der Waals surface area contributed by atoms with Crippen molar-refractivity contribution in [3.8, 4) is 0 Å². The largest absolute Gasteiger partial charge is 0.312 e. The van der Waals surface area contributed by atoms with Gasteiger partial charge in [0, 0.05) is 24.1 Å². The summed E-state index contributed by atoms with van der Waals surface area (Å²) in [4.78, 5) is 4.76. The lowest BCUT2D eigenvalue weighted by Gasteiger charge is -2.24. The number of hydrogen-bond acceptors (Lipinski definition) is 2. The number of hydrogen-bond donors (Lipinski definition) is 1. The fourth-order valence-corrected chi connectivity index (χ4v) is 2.94. The molecule has 0 spiro atoms. The molecule has 0 bridgehead atoms. The van der Waals surface area contributed by atoms with Crippen molar-refractivity contribution >= 4 is 17.0 Å². The highest BCUT2D eigenvalue weighted by atomic mass is 14.9. The third-order valence-electron chi connectivity index (χ3n) is 3.83. The standard InChI is InChI=1S/C15H14N2/c1-2-4-14-12(3-1)13-7-11-9-16-6-5-10(11)8-15(13)17-14/h1-4,7,16H,5-6,8-9H2. The van der Waals surface area contributed by atoms with E-state index in [1.165, 1.54) is 28.8 Å². The van der Waals surface area contributed by atoms with E-state index in [1.54, 1.807) is 5.57 Å². The average molecular weight is 222 g/mol. The summed E-state index contributed by atoms with van der Waals surface area (Å²) in [6.07, 6.45) is 4.57. The number of allylic oxidation sites excluding steroid dienone is 1. The van der Waals surface area contributed by atoms with E-state index in [0.717, 1.165) is 25.2 Å². The quantitative estimate of drug-likeness (QED) is 0.717. The molecular weight excluding hydrogens is 208 g/mol. The smallest absolute Gasteiger partial charge is 0.0712 e. The molecule has 2 heterocycles. The maximum Gasteiger partial charge on any atom is 0.0712 e. The summed E-state index contributed by atoms with van der Waals surface area (Å²) in [5.74, 6) is 0. The minimum atomic E-state index is 1.02. The van der Waals surface area contributed by atoms with Crippen LogP contribution in [0.2, 0.25) is 0 Å². The van der Waals surface area contributed by atoms with Gasteiger partial charge in [-0.25, -0.2) is 0 Å². The highest BCUT2D eigenvalue weighted by Crippen LogP contribution is 2.40. The molecule has 0 radical (unpaired) electrons. The van der Waals surface area contributed by atoms with Crippen LogP contribution < -0.4 is 5.32 Å². The molecule has 0 atom stereocenters. The highest BCUT2D eigenvalue weighted by molar-refractivity contribution is 6.30. The van der Waals surface area contributed by atoms with Gasteiger partial charge in [-0.3, -0.25) is 4.99 Å². The molecule has 17 heavy (non-hydrogen) atoms. The van der Waals surface area contributed by atoms with Crippen molar-refractivity contribution in [2.45, 2.75) is 12.8 Å². The van der Waals surface area contributed by atoms with Gasteiger partial charge in [0.15, 0.2) is 0 Å². The molecule has 0 unspecified atom stereocenters. The van der Waals surface area contributed by atoms with E-state index in [1.807, 2.05) is 0 Å². The first kappa shape index (κ1) is 9.37. The van der Waals surface area contributed by atoms with Crippen molar-refractivity contribution in [3.05, 3.63) is 47.1 Å². The number of nitrogens with one attached hydrogen (secondary N) is 1. The van der Waals surface area contributed by atoms with Crippen LogP contribution in [0.4, 0.5) is 5.69 Å². The van der Waals surface area contributed by atoms with E-state index in [4.69, 9.17) is 4.99 Å². The summed E-state index contributed by atoms with van der Waals surface area (Å²) >= 11 is 0. The van der Waals surface area contributed by atoms with E-state index in [0.29, 0.717) is 0 Å². The Morgan fingerprint density at radius 2 is 2.12 bits per heavy atom. The molecule has 4 rings (SSSR count). The van der Waals surface area contributed by atoms with Gasteiger partial charge in [-0.15, -0.1) is 0 Å². The second-order valence-electron chi connectivity index (χ2n) is 4.87. The maximum atomic E-state index is 4.76. The molecule has 0 fully saturated rings. The molecule has 1 aromatic rings. The number of aliphatic imine (C=N–C) groups is 1. The Morgan fingerprint density at radius 1 is 1.18 bits per heavy atom. The lowest BCUT2D eigenvalue weighted by Crippen LogP contribution is -2.27. The maximum absolute atomic E-state index is 4.76.